The second-order valence-corrected chi connectivity index (χ2v) is 5.32. The van der Waals surface area contributed by atoms with Gasteiger partial charge < -0.3 is 10.1 Å². The van der Waals surface area contributed by atoms with E-state index < -0.39 is 0 Å². The first-order valence-corrected chi connectivity index (χ1v) is 6.73. The molecule has 94 valence electrons. The summed E-state index contributed by atoms with van der Waals surface area (Å²) < 4.78 is 4.96. The molecule has 1 heterocycles. The third-order valence-electron chi connectivity index (χ3n) is 2.94. The zero-order valence-corrected chi connectivity index (χ0v) is 10.8. The van der Waals surface area contributed by atoms with Crippen LogP contribution in [0.2, 0.25) is 0 Å². The van der Waals surface area contributed by atoms with E-state index >= 15 is 0 Å². The first-order valence-electron chi connectivity index (χ1n) is 5.92. The summed E-state index contributed by atoms with van der Waals surface area (Å²) in [4.78, 5) is 11.9. The van der Waals surface area contributed by atoms with Crippen molar-refractivity contribution in [3.8, 4) is 0 Å². The second-order valence-electron chi connectivity index (χ2n) is 4.26. The molecule has 1 fully saturated rings. The Labute approximate surface area is 105 Å². The number of amides is 1. The SMILES string of the molecule is COCc1nnc(NC(=O)C2CCCCC2)s1. The molecule has 0 atom stereocenters. The summed E-state index contributed by atoms with van der Waals surface area (Å²) in [6.07, 6.45) is 5.55. The average molecular weight is 255 g/mol. The molecule has 17 heavy (non-hydrogen) atoms. The Hall–Kier alpha value is -1.01. The highest BCUT2D eigenvalue weighted by molar-refractivity contribution is 7.15. The summed E-state index contributed by atoms with van der Waals surface area (Å²) in [5, 5.41) is 12.1. The second kappa shape index (κ2) is 6.07. The Bertz CT molecular complexity index is 375. The summed E-state index contributed by atoms with van der Waals surface area (Å²) in [5.74, 6) is 0.239. The molecular formula is C11H17N3O2S. The number of aromatic nitrogens is 2. The van der Waals surface area contributed by atoms with Gasteiger partial charge in [0.25, 0.3) is 0 Å². The lowest BCUT2D eigenvalue weighted by Crippen LogP contribution is -2.24. The van der Waals surface area contributed by atoms with E-state index in [9.17, 15) is 4.79 Å². The number of methoxy groups -OCH3 is 1. The van der Waals surface area contributed by atoms with E-state index in [1.807, 2.05) is 0 Å². The molecule has 1 amide bonds. The van der Waals surface area contributed by atoms with E-state index in [0.717, 1.165) is 30.7 Å². The molecule has 1 aromatic rings. The lowest BCUT2D eigenvalue weighted by molar-refractivity contribution is -0.120. The van der Waals surface area contributed by atoms with Crippen LogP contribution in [-0.2, 0) is 16.1 Å². The Morgan fingerprint density at radius 1 is 1.41 bits per heavy atom. The van der Waals surface area contributed by atoms with Gasteiger partial charge >= 0.3 is 0 Å². The maximum atomic E-state index is 11.9. The zero-order valence-electron chi connectivity index (χ0n) is 9.94. The van der Waals surface area contributed by atoms with E-state index in [2.05, 4.69) is 15.5 Å². The van der Waals surface area contributed by atoms with Crippen molar-refractivity contribution in [3.05, 3.63) is 5.01 Å². The van der Waals surface area contributed by atoms with Gasteiger partial charge in [-0.05, 0) is 12.8 Å². The molecule has 5 nitrogen and oxygen atoms in total. The molecule has 1 aliphatic carbocycles. The van der Waals surface area contributed by atoms with Gasteiger partial charge in [-0.3, -0.25) is 4.79 Å². The maximum Gasteiger partial charge on any atom is 0.229 e. The Balaban J connectivity index is 1.88. The molecule has 1 N–H and O–H groups in total. The third-order valence-corrected chi connectivity index (χ3v) is 3.75. The van der Waals surface area contributed by atoms with Crippen molar-refractivity contribution in [1.29, 1.82) is 0 Å². The Morgan fingerprint density at radius 2 is 2.18 bits per heavy atom. The van der Waals surface area contributed by atoms with Crippen LogP contribution >= 0.6 is 11.3 Å². The molecule has 0 aliphatic heterocycles. The minimum Gasteiger partial charge on any atom is -0.377 e. The highest BCUT2D eigenvalue weighted by Gasteiger charge is 2.21. The number of nitrogens with one attached hydrogen (secondary N) is 1. The number of hydrogen-bond donors (Lipinski definition) is 1. The molecule has 6 heteroatoms. The summed E-state index contributed by atoms with van der Waals surface area (Å²) in [6.45, 7) is 0.441. The highest BCUT2D eigenvalue weighted by Crippen LogP contribution is 2.25. The average Bonchev–Trinajstić information content (AvgIpc) is 2.78. The number of rotatable bonds is 4. The van der Waals surface area contributed by atoms with Crippen LogP contribution < -0.4 is 5.32 Å². The lowest BCUT2D eigenvalue weighted by Gasteiger charge is -2.19. The summed E-state index contributed by atoms with van der Waals surface area (Å²) in [7, 11) is 1.61. The normalized spacial score (nSPS) is 17.0. The molecule has 2 rings (SSSR count). The van der Waals surface area contributed by atoms with Crippen LogP contribution in [0.5, 0.6) is 0 Å². The van der Waals surface area contributed by atoms with Gasteiger partial charge in [0.15, 0.2) is 0 Å². The molecule has 1 aliphatic rings. The van der Waals surface area contributed by atoms with E-state index in [0.29, 0.717) is 11.7 Å². The first-order chi connectivity index (χ1) is 8.29. The van der Waals surface area contributed by atoms with Crippen molar-refractivity contribution in [1.82, 2.24) is 10.2 Å². The molecule has 0 bridgehead atoms. The van der Waals surface area contributed by atoms with Crippen molar-refractivity contribution in [2.45, 2.75) is 38.7 Å². The topological polar surface area (TPSA) is 64.1 Å². The maximum absolute atomic E-state index is 11.9. The van der Waals surface area contributed by atoms with Gasteiger partial charge in [0.1, 0.15) is 11.6 Å². The minimum atomic E-state index is 0.0878. The molecule has 1 aromatic heterocycles. The standard InChI is InChI=1S/C11H17N3O2S/c1-16-7-9-13-14-11(17-9)12-10(15)8-5-3-2-4-6-8/h8H,2-7H2,1H3,(H,12,14,15). The van der Waals surface area contributed by atoms with Gasteiger partial charge in [-0.1, -0.05) is 30.6 Å². The van der Waals surface area contributed by atoms with Gasteiger partial charge in [-0.15, -0.1) is 10.2 Å². The number of ether oxygens (including phenoxy) is 1. The molecule has 0 radical (unpaired) electrons. The van der Waals surface area contributed by atoms with E-state index in [1.54, 1.807) is 7.11 Å². The predicted molar refractivity (Wildman–Crippen MR) is 65.8 cm³/mol. The molecule has 0 unspecified atom stereocenters. The van der Waals surface area contributed by atoms with Crippen molar-refractivity contribution < 1.29 is 9.53 Å². The predicted octanol–water partition coefficient (Wildman–Crippen LogP) is 2.20. The lowest BCUT2D eigenvalue weighted by atomic mass is 9.89. The van der Waals surface area contributed by atoms with Crippen LogP contribution in [-0.4, -0.2) is 23.2 Å². The van der Waals surface area contributed by atoms with Crippen LogP contribution in [0.4, 0.5) is 5.13 Å². The molecular weight excluding hydrogens is 238 g/mol. The summed E-state index contributed by atoms with van der Waals surface area (Å²) >= 11 is 1.37. The molecule has 0 spiro atoms. The highest BCUT2D eigenvalue weighted by atomic mass is 32.1. The van der Waals surface area contributed by atoms with E-state index in [1.165, 1.54) is 17.8 Å². The monoisotopic (exact) mass is 255 g/mol. The quantitative estimate of drug-likeness (QED) is 0.895. The fourth-order valence-electron chi connectivity index (χ4n) is 2.06. The van der Waals surface area contributed by atoms with Crippen molar-refractivity contribution in [2.75, 3.05) is 12.4 Å². The first kappa shape index (κ1) is 12.4. The third kappa shape index (κ3) is 3.47. The van der Waals surface area contributed by atoms with Crippen LogP contribution in [0.25, 0.3) is 0 Å². The number of carbonyl (C=O) groups excluding carboxylic acids is 1. The number of carbonyl (C=O) groups is 1. The van der Waals surface area contributed by atoms with Crippen LogP contribution in [0.1, 0.15) is 37.1 Å². The van der Waals surface area contributed by atoms with Crippen molar-refractivity contribution in [2.24, 2.45) is 5.92 Å². The van der Waals surface area contributed by atoms with Gasteiger partial charge in [0.2, 0.25) is 11.0 Å². The van der Waals surface area contributed by atoms with Gasteiger partial charge in [0, 0.05) is 13.0 Å². The van der Waals surface area contributed by atoms with Crippen molar-refractivity contribution >= 4 is 22.4 Å². The number of nitrogens with zero attached hydrogens (tertiary/aromatic N) is 2. The molecule has 1 saturated carbocycles. The fourth-order valence-corrected chi connectivity index (χ4v) is 2.77. The van der Waals surface area contributed by atoms with Gasteiger partial charge in [-0.2, -0.15) is 0 Å². The van der Waals surface area contributed by atoms with Crippen LogP contribution in [0, 0.1) is 5.92 Å². The molecule has 0 aromatic carbocycles. The van der Waals surface area contributed by atoms with Crippen LogP contribution in [0.3, 0.4) is 0 Å². The zero-order chi connectivity index (χ0) is 12.1. The Kier molecular flexibility index (Phi) is 4.44. The Morgan fingerprint density at radius 3 is 2.88 bits per heavy atom. The van der Waals surface area contributed by atoms with Gasteiger partial charge in [0.05, 0.1) is 0 Å². The van der Waals surface area contributed by atoms with Gasteiger partial charge in [-0.25, -0.2) is 0 Å². The van der Waals surface area contributed by atoms with E-state index in [4.69, 9.17) is 4.74 Å². The summed E-state index contributed by atoms with van der Waals surface area (Å²) in [5.41, 5.74) is 0. The minimum absolute atomic E-state index is 0.0878. The smallest absolute Gasteiger partial charge is 0.229 e. The fraction of sp³-hybridized carbons (Fsp3) is 0.727. The van der Waals surface area contributed by atoms with E-state index in [-0.39, 0.29) is 11.8 Å². The number of hydrogen-bond acceptors (Lipinski definition) is 5. The largest absolute Gasteiger partial charge is 0.377 e. The summed E-state index contributed by atoms with van der Waals surface area (Å²) in [6, 6.07) is 0. The molecule has 0 saturated heterocycles. The van der Waals surface area contributed by atoms with Crippen LogP contribution in [0.15, 0.2) is 0 Å². The number of anilines is 1. The van der Waals surface area contributed by atoms with Crippen molar-refractivity contribution in [3.63, 3.8) is 0 Å².